The minimum absolute atomic E-state index is 0.604. The van der Waals surface area contributed by atoms with E-state index in [0.29, 0.717) is 12.5 Å². The van der Waals surface area contributed by atoms with Crippen LogP contribution in [0.2, 0.25) is 0 Å². The normalized spacial score (nSPS) is 10.6. The predicted octanol–water partition coefficient (Wildman–Crippen LogP) is -0.910. The van der Waals surface area contributed by atoms with Crippen LogP contribution in [0.1, 0.15) is 0 Å². The fourth-order valence-corrected chi connectivity index (χ4v) is 1.25. The summed E-state index contributed by atoms with van der Waals surface area (Å²) in [6.07, 6.45) is 9.43. The molecule has 0 aliphatic heterocycles. The molecular formula is C13H18N2O6S2. The Hall–Kier alpha value is -1.88. The van der Waals surface area contributed by atoms with Crippen LogP contribution < -0.4 is 9.13 Å². The van der Waals surface area contributed by atoms with Gasteiger partial charge in [-0.15, -0.1) is 9.13 Å². The molecule has 0 fully saturated rings. The van der Waals surface area contributed by atoms with Crippen LogP contribution in [-0.2, 0) is 26.9 Å². The Kier molecular flexibility index (Phi) is 9.18. The number of hydrogen-bond acceptors (Lipinski definition) is 6. The molecule has 0 aliphatic rings. The van der Waals surface area contributed by atoms with E-state index in [2.05, 4.69) is 33.9 Å². The SMILES string of the molecule is CS(=O)(=O)[O-].CS(=O)(=O)[O-].c1cc[n+](C[n+]2ccccc2)cc1. The molecule has 0 spiro atoms. The molecule has 2 heterocycles. The van der Waals surface area contributed by atoms with Gasteiger partial charge in [0.05, 0.1) is 20.2 Å². The van der Waals surface area contributed by atoms with E-state index in [1.807, 2.05) is 36.4 Å². The van der Waals surface area contributed by atoms with Crippen molar-refractivity contribution in [3.05, 3.63) is 61.2 Å². The third kappa shape index (κ3) is 20.1. The lowest BCUT2D eigenvalue weighted by Gasteiger charge is -1.91. The van der Waals surface area contributed by atoms with Crippen molar-refractivity contribution in [2.75, 3.05) is 12.5 Å². The Balaban J connectivity index is 0.000000406. The average Bonchev–Trinajstić information content (AvgIpc) is 2.37. The van der Waals surface area contributed by atoms with Gasteiger partial charge in [0.1, 0.15) is 0 Å². The average molecular weight is 362 g/mol. The number of aromatic nitrogens is 2. The number of nitrogens with zero attached hydrogens (tertiary/aromatic N) is 2. The first kappa shape index (κ1) is 21.1. The van der Waals surface area contributed by atoms with Crippen molar-refractivity contribution < 1.29 is 35.1 Å². The summed E-state index contributed by atoms with van der Waals surface area (Å²) in [5.41, 5.74) is 0. The summed E-state index contributed by atoms with van der Waals surface area (Å²) < 4.78 is 58.7. The molecule has 0 saturated carbocycles. The molecule has 0 amide bonds. The molecule has 0 N–H and O–H groups in total. The molecule has 0 atom stereocenters. The van der Waals surface area contributed by atoms with E-state index in [0.717, 1.165) is 6.67 Å². The van der Waals surface area contributed by atoms with E-state index in [1.54, 1.807) is 0 Å². The maximum absolute atomic E-state index is 9.08. The second-order valence-electron chi connectivity index (χ2n) is 4.33. The van der Waals surface area contributed by atoms with Crippen molar-refractivity contribution in [2.45, 2.75) is 6.67 Å². The van der Waals surface area contributed by atoms with Gasteiger partial charge < -0.3 is 9.11 Å². The van der Waals surface area contributed by atoms with Crippen molar-refractivity contribution in [3.63, 3.8) is 0 Å². The van der Waals surface area contributed by atoms with Gasteiger partial charge in [-0.1, -0.05) is 12.1 Å². The summed E-state index contributed by atoms with van der Waals surface area (Å²) in [5, 5.41) is 0. The maximum Gasteiger partial charge on any atom is 0.343 e. The van der Waals surface area contributed by atoms with Crippen molar-refractivity contribution in [1.29, 1.82) is 0 Å². The van der Waals surface area contributed by atoms with Gasteiger partial charge in [0, 0.05) is 36.8 Å². The van der Waals surface area contributed by atoms with Crippen LogP contribution in [0, 0.1) is 0 Å². The van der Waals surface area contributed by atoms with Gasteiger partial charge in [0.2, 0.25) is 0 Å². The van der Waals surface area contributed by atoms with E-state index in [1.165, 1.54) is 0 Å². The predicted molar refractivity (Wildman–Crippen MR) is 79.9 cm³/mol. The topological polar surface area (TPSA) is 122 Å². The smallest absolute Gasteiger partial charge is 0.343 e. The van der Waals surface area contributed by atoms with Crippen LogP contribution in [0.5, 0.6) is 0 Å². The molecule has 0 radical (unpaired) electrons. The molecule has 2 aromatic heterocycles. The van der Waals surface area contributed by atoms with E-state index in [9.17, 15) is 0 Å². The molecular weight excluding hydrogens is 344 g/mol. The molecule has 23 heavy (non-hydrogen) atoms. The van der Waals surface area contributed by atoms with Gasteiger partial charge in [-0.3, -0.25) is 0 Å². The fraction of sp³-hybridized carbons (Fsp3) is 0.231. The van der Waals surface area contributed by atoms with Crippen molar-refractivity contribution in [2.24, 2.45) is 0 Å². The summed E-state index contributed by atoms with van der Waals surface area (Å²) in [4.78, 5) is 0. The van der Waals surface area contributed by atoms with Crippen molar-refractivity contribution >= 4 is 20.2 Å². The molecule has 0 unspecified atom stereocenters. The monoisotopic (exact) mass is 362 g/mol. The van der Waals surface area contributed by atoms with E-state index in [4.69, 9.17) is 25.9 Å². The first-order valence-corrected chi connectivity index (χ1v) is 9.78. The van der Waals surface area contributed by atoms with Crippen molar-refractivity contribution in [1.82, 2.24) is 0 Å². The largest absolute Gasteiger partial charge is 0.748 e. The number of hydrogen-bond donors (Lipinski definition) is 0. The van der Waals surface area contributed by atoms with Gasteiger partial charge in [-0.2, -0.15) is 0 Å². The zero-order valence-corrected chi connectivity index (χ0v) is 14.3. The van der Waals surface area contributed by atoms with Crippen LogP contribution in [0.15, 0.2) is 61.2 Å². The highest BCUT2D eigenvalue weighted by molar-refractivity contribution is 7.85. The maximum atomic E-state index is 9.08. The zero-order valence-electron chi connectivity index (χ0n) is 12.6. The van der Waals surface area contributed by atoms with Gasteiger partial charge in [-0.05, 0) is 0 Å². The molecule has 0 aromatic carbocycles. The summed E-state index contributed by atoms with van der Waals surface area (Å²) in [5.74, 6) is 0. The van der Waals surface area contributed by atoms with E-state index >= 15 is 0 Å². The summed E-state index contributed by atoms with van der Waals surface area (Å²) in [6.45, 7) is 0.863. The molecule has 2 rings (SSSR count). The third-order valence-corrected chi connectivity index (χ3v) is 1.88. The highest BCUT2D eigenvalue weighted by atomic mass is 32.2. The first-order valence-electron chi connectivity index (χ1n) is 6.15. The molecule has 8 nitrogen and oxygen atoms in total. The minimum Gasteiger partial charge on any atom is -0.748 e. The Labute approximate surface area is 136 Å². The highest BCUT2D eigenvalue weighted by Crippen LogP contribution is 1.78. The van der Waals surface area contributed by atoms with Crippen LogP contribution in [0.4, 0.5) is 0 Å². The Morgan fingerprint density at radius 3 is 1.09 bits per heavy atom. The molecule has 0 bridgehead atoms. The van der Waals surface area contributed by atoms with Crippen molar-refractivity contribution in [3.8, 4) is 0 Å². The summed E-state index contributed by atoms with van der Waals surface area (Å²) >= 11 is 0. The van der Waals surface area contributed by atoms with E-state index in [-0.39, 0.29) is 0 Å². The van der Waals surface area contributed by atoms with Crippen LogP contribution in [0.3, 0.4) is 0 Å². The van der Waals surface area contributed by atoms with Crippen LogP contribution in [-0.4, -0.2) is 38.5 Å². The lowest BCUT2D eigenvalue weighted by molar-refractivity contribution is -0.913. The second-order valence-corrected chi connectivity index (χ2v) is 7.15. The molecule has 10 heteroatoms. The Morgan fingerprint density at radius 1 is 0.652 bits per heavy atom. The quantitative estimate of drug-likeness (QED) is 0.503. The molecule has 128 valence electrons. The zero-order chi connectivity index (χ0) is 17.9. The lowest BCUT2D eigenvalue weighted by atomic mass is 10.5. The highest BCUT2D eigenvalue weighted by Gasteiger charge is 2.03. The Bertz CT molecular complexity index is 679. The van der Waals surface area contributed by atoms with Gasteiger partial charge in [0.25, 0.3) is 0 Å². The van der Waals surface area contributed by atoms with Gasteiger partial charge >= 0.3 is 6.67 Å². The number of pyridine rings is 2. The first-order chi connectivity index (χ1) is 10.4. The minimum atomic E-state index is -3.92. The van der Waals surface area contributed by atoms with E-state index < -0.39 is 20.2 Å². The second kappa shape index (κ2) is 10.0. The van der Waals surface area contributed by atoms with Gasteiger partial charge in [0.15, 0.2) is 24.8 Å². The summed E-state index contributed by atoms with van der Waals surface area (Å²) in [6, 6.07) is 12.2. The lowest BCUT2D eigenvalue weighted by Crippen LogP contribution is -2.50. The molecule has 0 aliphatic carbocycles. The van der Waals surface area contributed by atoms with Crippen LogP contribution >= 0.6 is 0 Å². The summed E-state index contributed by atoms with van der Waals surface area (Å²) in [7, 11) is -7.83. The van der Waals surface area contributed by atoms with Gasteiger partial charge in [-0.25, -0.2) is 16.8 Å². The molecule has 2 aromatic rings. The van der Waals surface area contributed by atoms with Crippen LogP contribution in [0.25, 0.3) is 0 Å². The standard InChI is InChI=1S/C11H12N2.2CH4O3S/c1-3-7-12(8-4-1)11-13-9-5-2-6-10-13;2*1-5(2,3)4/h1-10H,11H2;2*1H3,(H,2,3,4)/q+2;;/p-2. The third-order valence-electron chi connectivity index (χ3n) is 1.88. The number of rotatable bonds is 2. The molecule has 0 saturated heterocycles. The fourth-order valence-electron chi connectivity index (χ4n) is 1.25. The Morgan fingerprint density at radius 2 is 0.870 bits per heavy atom.